The van der Waals surface area contributed by atoms with Crippen LogP contribution >= 0.6 is 0 Å². The average Bonchev–Trinajstić information content (AvgIpc) is 2.55. The van der Waals surface area contributed by atoms with Crippen LogP contribution in [0.15, 0.2) is 42.5 Å². The van der Waals surface area contributed by atoms with Crippen molar-refractivity contribution in [3.63, 3.8) is 0 Å². The van der Waals surface area contributed by atoms with Gasteiger partial charge in [-0.1, -0.05) is 63.0 Å². The molecule has 3 heteroatoms. The summed E-state index contributed by atoms with van der Waals surface area (Å²) in [4.78, 5) is 0. The number of aliphatic hydroxyl groups is 1. The Labute approximate surface area is 155 Å². The van der Waals surface area contributed by atoms with Crippen LogP contribution in [0.5, 0.6) is 0 Å². The Kier molecular flexibility index (Phi) is 8.65. The first kappa shape index (κ1) is 21.7. The van der Waals surface area contributed by atoms with Crippen LogP contribution in [0.3, 0.4) is 0 Å². The maximum absolute atomic E-state index is 9.99. The van der Waals surface area contributed by atoms with E-state index >= 15 is 0 Å². The molecular weight excluding hydrogens is 324 g/mol. The highest BCUT2D eigenvalue weighted by molar-refractivity contribution is 6.74. The van der Waals surface area contributed by atoms with Gasteiger partial charge in [-0.05, 0) is 55.9 Å². The Balaban J connectivity index is 2.24. The van der Waals surface area contributed by atoms with Gasteiger partial charge in [-0.3, -0.25) is 0 Å². The first-order valence-electron chi connectivity index (χ1n) is 9.17. The predicted octanol–water partition coefficient (Wildman–Crippen LogP) is 5.54. The zero-order valence-electron chi connectivity index (χ0n) is 16.6. The largest absolute Gasteiger partial charge is 0.417 e. The number of rotatable bonds is 8. The van der Waals surface area contributed by atoms with Crippen molar-refractivity contribution in [1.82, 2.24) is 0 Å². The summed E-state index contributed by atoms with van der Waals surface area (Å²) >= 11 is 0. The fourth-order valence-electron chi connectivity index (χ4n) is 2.09. The molecule has 1 aromatic carbocycles. The van der Waals surface area contributed by atoms with Gasteiger partial charge in [0.2, 0.25) is 0 Å². The van der Waals surface area contributed by atoms with Crippen LogP contribution in [0.25, 0.3) is 0 Å². The predicted molar refractivity (Wildman–Crippen MR) is 110 cm³/mol. The van der Waals surface area contributed by atoms with E-state index in [4.69, 9.17) is 4.43 Å². The zero-order valence-corrected chi connectivity index (χ0v) is 17.6. The van der Waals surface area contributed by atoms with E-state index in [0.717, 1.165) is 31.4 Å². The second-order valence-electron chi connectivity index (χ2n) is 8.15. The molecule has 0 heterocycles. The molecule has 0 aromatic heterocycles. The summed E-state index contributed by atoms with van der Waals surface area (Å²) in [6.45, 7) is 16.3. The van der Waals surface area contributed by atoms with Crippen molar-refractivity contribution in [2.75, 3.05) is 6.61 Å². The summed E-state index contributed by atoms with van der Waals surface area (Å²) in [7, 11) is -1.64. The molecule has 0 radical (unpaired) electrons. The van der Waals surface area contributed by atoms with E-state index in [1.807, 2.05) is 30.3 Å². The smallest absolute Gasteiger partial charge is 0.191 e. The molecule has 0 aliphatic carbocycles. The second kappa shape index (κ2) is 9.96. The lowest BCUT2D eigenvalue weighted by molar-refractivity contribution is 0.221. The van der Waals surface area contributed by atoms with E-state index in [9.17, 15) is 5.11 Å². The third kappa shape index (κ3) is 8.53. The maximum Gasteiger partial charge on any atom is 0.191 e. The fourth-order valence-corrected chi connectivity index (χ4v) is 3.18. The molecule has 1 atom stereocenters. The molecule has 25 heavy (non-hydrogen) atoms. The van der Waals surface area contributed by atoms with E-state index in [1.54, 1.807) is 0 Å². The number of hydrogen-bond acceptors (Lipinski definition) is 2. The summed E-state index contributed by atoms with van der Waals surface area (Å²) in [5.41, 5.74) is 2.10. The Morgan fingerprint density at radius 2 is 1.84 bits per heavy atom. The van der Waals surface area contributed by atoms with Crippen molar-refractivity contribution >= 4 is 8.32 Å². The van der Waals surface area contributed by atoms with Crippen LogP contribution < -0.4 is 0 Å². The molecule has 138 valence electrons. The molecular formula is C22H34O2Si. The highest BCUT2D eigenvalue weighted by Crippen LogP contribution is 2.36. The highest BCUT2D eigenvalue weighted by atomic mass is 28.4. The minimum atomic E-state index is -1.64. The third-order valence-electron chi connectivity index (χ3n) is 4.87. The highest BCUT2D eigenvalue weighted by Gasteiger charge is 2.36. The van der Waals surface area contributed by atoms with Gasteiger partial charge in [0.05, 0.1) is 0 Å². The van der Waals surface area contributed by atoms with Gasteiger partial charge in [0, 0.05) is 12.2 Å². The standard InChI is InChI=1S/C22H34O2Si/c1-19(11-10-18-24-25(5,6)22(2,3)4)14-16-21(23)17-15-20-12-8-7-9-13-20/h7-9,12-13,21,23H,1,10-11,14,16,18H2,2-6H3. The number of benzene rings is 1. The average molecular weight is 359 g/mol. The zero-order chi connectivity index (χ0) is 18.9. The normalized spacial score (nSPS) is 13.0. The van der Waals surface area contributed by atoms with Crippen molar-refractivity contribution in [3.05, 3.63) is 48.0 Å². The number of allylic oxidation sites excluding steroid dienone is 1. The summed E-state index contributed by atoms with van der Waals surface area (Å²) in [5, 5.41) is 10.2. The molecule has 1 rings (SSSR count). The Bertz CT molecular complexity index is 588. The Morgan fingerprint density at radius 1 is 1.20 bits per heavy atom. The molecule has 0 aliphatic heterocycles. The SMILES string of the molecule is C=C(CCCO[Si](C)(C)C(C)(C)C)CCC(O)C#Cc1ccccc1. The molecule has 0 fully saturated rings. The maximum atomic E-state index is 9.99. The van der Waals surface area contributed by atoms with Gasteiger partial charge in [0.25, 0.3) is 0 Å². The Morgan fingerprint density at radius 3 is 2.44 bits per heavy atom. The third-order valence-corrected chi connectivity index (χ3v) is 9.41. The topological polar surface area (TPSA) is 29.5 Å². The van der Waals surface area contributed by atoms with Gasteiger partial charge >= 0.3 is 0 Å². The molecule has 0 amide bonds. The molecule has 0 bridgehead atoms. The van der Waals surface area contributed by atoms with E-state index < -0.39 is 14.4 Å². The number of hydrogen-bond donors (Lipinski definition) is 1. The lowest BCUT2D eigenvalue weighted by atomic mass is 10.0. The van der Waals surface area contributed by atoms with E-state index in [-0.39, 0.29) is 5.04 Å². The van der Waals surface area contributed by atoms with Crippen LogP contribution in [-0.4, -0.2) is 26.1 Å². The second-order valence-corrected chi connectivity index (χ2v) is 13.0. The van der Waals surface area contributed by atoms with Crippen molar-refractivity contribution in [2.24, 2.45) is 0 Å². The first-order chi connectivity index (χ1) is 11.6. The lowest BCUT2D eigenvalue weighted by Crippen LogP contribution is -2.40. The van der Waals surface area contributed by atoms with Gasteiger partial charge in [-0.25, -0.2) is 0 Å². The molecule has 2 nitrogen and oxygen atoms in total. The van der Waals surface area contributed by atoms with Crippen LogP contribution in [0.4, 0.5) is 0 Å². The number of aliphatic hydroxyl groups excluding tert-OH is 1. The van der Waals surface area contributed by atoms with E-state index in [2.05, 4.69) is 52.3 Å². The van der Waals surface area contributed by atoms with Gasteiger partial charge in [0.1, 0.15) is 6.10 Å². The minimum Gasteiger partial charge on any atom is -0.417 e. The monoisotopic (exact) mass is 358 g/mol. The molecule has 0 saturated heterocycles. The first-order valence-corrected chi connectivity index (χ1v) is 12.1. The van der Waals surface area contributed by atoms with Crippen LogP contribution in [0, 0.1) is 11.8 Å². The molecule has 0 saturated carbocycles. The Hall–Kier alpha value is -1.34. The molecule has 0 spiro atoms. The van der Waals surface area contributed by atoms with Gasteiger partial charge < -0.3 is 9.53 Å². The van der Waals surface area contributed by atoms with E-state index in [0.29, 0.717) is 6.42 Å². The van der Waals surface area contributed by atoms with Crippen LogP contribution in [0.1, 0.15) is 52.0 Å². The fraction of sp³-hybridized carbons (Fsp3) is 0.545. The van der Waals surface area contributed by atoms with Crippen molar-refractivity contribution in [1.29, 1.82) is 0 Å². The van der Waals surface area contributed by atoms with Crippen LogP contribution in [-0.2, 0) is 4.43 Å². The lowest BCUT2D eigenvalue weighted by Gasteiger charge is -2.36. The molecule has 1 unspecified atom stereocenters. The van der Waals surface area contributed by atoms with Gasteiger partial charge in [-0.2, -0.15) is 0 Å². The molecule has 1 N–H and O–H groups in total. The quantitative estimate of drug-likeness (QED) is 0.286. The summed E-state index contributed by atoms with van der Waals surface area (Å²) in [6, 6.07) is 9.75. The van der Waals surface area contributed by atoms with Gasteiger partial charge in [-0.15, -0.1) is 0 Å². The summed E-state index contributed by atoms with van der Waals surface area (Å²) in [6.07, 6.45) is 2.80. The van der Waals surface area contributed by atoms with Gasteiger partial charge in [0.15, 0.2) is 8.32 Å². The van der Waals surface area contributed by atoms with Crippen molar-refractivity contribution in [3.8, 4) is 11.8 Å². The summed E-state index contributed by atoms with van der Waals surface area (Å²) < 4.78 is 6.18. The van der Waals surface area contributed by atoms with Crippen molar-refractivity contribution < 1.29 is 9.53 Å². The minimum absolute atomic E-state index is 0.255. The van der Waals surface area contributed by atoms with Crippen LogP contribution in [0.2, 0.25) is 18.1 Å². The molecule has 1 aromatic rings. The van der Waals surface area contributed by atoms with Crippen molar-refractivity contribution in [2.45, 2.75) is 70.7 Å². The summed E-state index contributed by atoms with van der Waals surface area (Å²) in [5.74, 6) is 5.91. The van der Waals surface area contributed by atoms with E-state index in [1.165, 1.54) is 5.57 Å². The molecule has 0 aliphatic rings.